The van der Waals surface area contributed by atoms with Crippen LogP contribution in [0.1, 0.15) is 25.8 Å². The van der Waals surface area contributed by atoms with Crippen molar-refractivity contribution in [1.29, 1.82) is 0 Å². The molecule has 1 aromatic rings. The number of aliphatic imine (C=N–C) groups is 1. The van der Waals surface area contributed by atoms with Crippen LogP contribution in [0, 0.1) is 17.8 Å². The first kappa shape index (κ1) is 11.7. The van der Waals surface area contributed by atoms with E-state index in [4.69, 9.17) is 4.74 Å². The topological polar surface area (TPSA) is 21.6 Å². The zero-order chi connectivity index (χ0) is 12.1. The lowest BCUT2D eigenvalue weighted by molar-refractivity contribution is 0.303. The van der Waals surface area contributed by atoms with Gasteiger partial charge in [0.1, 0.15) is 6.61 Å². The first-order chi connectivity index (χ1) is 8.24. The Morgan fingerprint density at radius 2 is 2.06 bits per heavy atom. The van der Waals surface area contributed by atoms with Gasteiger partial charge in [0, 0.05) is 5.56 Å². The molecule has 1 aliphatic rings. The Morgan fingerprint density at radius 1 is 1.29 bits per heavy atom. The summed E-state index contributed by atoms with van der Waals surface area (Å²) >= 11 is 0. The summed E-state index contributed by atoms with van der Waals surface area (Å²) in [7, 11) is 0. The zero-order valence-electron chi connectivity index (χ0n) is 10.3. The highest BCUT2D eigenvalue weighted by Gasteiger charge is 2.18. The van der Waals surface area contributed by atoms with Gasteiger partial charge in [0.05, 0.1) is 6.04 Å². The smallest absolute Gasteiger partial charge is 0.264 e. The van der Waals surface area contributed by atoms with E-state index in [1.807, 2.05) is 30.3 Å². The molecule has 2 nitrogen and oxygen atoms in total. The van der Waals surface area contributed by atoms with Crippen molar-refractivity contribution < 1.29 is 4.74 Å². The van der Waals surface area contributed by atoms with Crippen molar-refractivity contribution in [1.82, 2.24) is 0 Å². The monoisotopic (exact) mass is 227 g/mol. The van der Waals surface area contributed by atoms with Crippen LogP contribution in [0.3, 0.4) is 0 Å². The molecule has 0 unspecified atom stereocenters. The summed E-state index contributed by atoms with van der Waals surface area (Å²) in [6.45, 7) is 5.07. The van der Waals surface area contributed by atoms with Crippen LogP contribution in [0.15, 0.2) is 35.3 Å². The molecule has 1 aliphatic heterocycles. The average Bonchev–Trinajstić information content (AvgIpc) is 2.75. The third kappa shape index (κ3) is 3.64. The van der Waals surface area contributed by atoms with Crippen molar-refractivity contribution in [2.24, 2.45) is 10.9 Å². The molecule has 17 heavy (non-hydrogen) atoms. The van der Waals surface area contributed by atoms with Crippen molar-refractivity contribution >= 4 is 5.90 Å². The molecule has 0 saturated heterocycles. The quantitative estimate of drug-likeness (QED) is 0.712. The standard InChI is InChI=1S/C15H17NO/c1-12(2)10-14-11-17-15(16-14)9-8-13-6-4-3-5-7-13/h3-7,12,14H,10-11H2,1-2H3/t14-/m0/s1. The highest BCUT2D eigenvalue weighted by molar-refractivity contribution is 5.95. The molecule has 2 heteroatoms. The second-order valence-electron chi connectivity index (χ2n) is 4.64. The fourth-order valence-corrected chi connectivity index (χ4v) is 1.80. The number of hydrogen-bond donors (Lipinski definition) is 0. The summed E-state index contributed by atoms with van der Waals surface area (Å²) in [6, 6.07) is 10.2. The van der Waals surface area contributed by atoms with Crippen molar-refractivity contribution in [3.8, 4) is 11.8 Å². The lowest BCUT2D eigenvalue weighted by Crippen LogP contribution is -2.09. The second kappa shape index (κ2) is 5.54. The van der Waals surface area contributed by atoms with Gasteiger partial charge >= 0.3 is 0 Å². The number of hydrogen-bond acceptors (Lipinski definition) is 2. The lowest BCUT2D eigenvalue weighted by Gasteiger charge is -2.06. The molecule has 0 aromatic heterocycles. The minimum Gasteiger partial charge on any atom is -0.469 e. The molecule has 0 N–H and O–H groups in total. The van der Waals surface area contributed by atoms with Gasteiger partial charge in [-0.1, -0.05) is 38.0 Å². The molecule has 1 heterocycles. The fraction of sp³-hybridized carbons (Fsp3) is 0.400. The van der Waals surface area contributed by atoms with Gasteiger partial charge in [-0.25, -0.2) is 4.99 Å². The highest BCUT2D eigenvalue weighted by Crippen LogP contribution is 2.13. The molecule has 0 amide bonds. The summed E-state index contributed by atoms with van der Waals surface area (Å²) in [5.74, 6) is 7.26. The molecule has 2 rings (SSSR count). The molecule has 0 spiro atoms. The Bertz CT molecular complexity index is 451. The number of benzene rings is 1. The maximum absolute atomic E-state index is 5.46. The number of ether oxygens (including phenoxy) is 1. The fourth-order valence-electron chi connectivity index (χ4n) is 1.80. The average molecular weight is 227 g/mol. The molecule has 0 fully saturated rings. The van der Waals surface area contributed by atoms with Crippen LogP contribution >= 0.6 is 0 Å². The van der Waals surface area contributed by atoms with Crippen molar-refractivity contribution in [2.75, 3.05) is 6.61 Å². The van der Waals surface area contributed by atoms with Gasteiger partial charge in [0.15, 0.2) is 0 Å². The Labute approximate surface area is 103 Å². The van der Waals surface area contributed by atoms with E-state index >= 15 is 0 Å². The number of rotatable bonds is 2. The molecule has 0 aliphatic carbocycles. The van der Waals surface area contributed by atoms with E-state index in [1.165, 1.54) is 0 Å². The first-order valence-corrected chi connectivity index (χ1v) is 6.01. The largest absolute Gasteiger partial charge is 0.469 e. The maximum Gasteiger partial charge on any atom is 0.264 e. The highest BCUT2D eigenvalue weighted by atomic mass is 16.5. The molecular weight excluding hydrogens is 210 g/mol. The van der Waals surface area contributed by atoms with Crippen LogP contribution in [0.4, 0.5) is 0 Å². The second-order valence-corrected chi connectivity index (χ2v) is 4.64. The van der Waals surface area contributed by atoms with Gasteiger partial charge in [-0.05, 0) is 30.4 Å². The first-order valence-electron chi connectivity index (χ1n) is 6.01. The van der Waals surface area contributed by atoms with E-state index in [0.717, 1.165) is 12.0 Å². The van der Waals surface area contributed by atoms with E-state index in [0.29, 0.717) is 18.4 Å². The molecule has 0 radical (unpaired) electrons. The summed E-state index contributed by atoms with van der Waals surface area (Å²) < 4.78 is 5.46. The predicted octanol–water partition coefficient (Wildman–Crippen LogP) is 2.88. The minimum atomic E-state index is 0.287. The normalized spacial score (nSPS) is 18.3. The van der Waals surface area contributed by atoms with Gasteiger partial charge in [-0.15, -0.1) is 0 Å². The van der Waals surface area contributed by atoms with Crippen LogP contribution in [-0.2, 0) is 4.74 Å². The van der Waals surface area contributed by atoms with Gasteiger partial charge < -0.3 is 4.74 Å². The molecule has 88 valence electrons. The van der Waals surface area contributed by atoms with Crippen LogP contribution < -0.4 is 0 Å². The Morgan fingerprint density at radius 3 is 2.76 bits per heavy atom. The minimum absolute atomic E-state index is 0.287. The Balaban J connectivity index is 1.99. The van der Waals surface area contributed by atoms with E-state index in [1.54, 1.807) is 0 Å². The Hall–Kier alpha value is -1.75. The molecule has 0 bridgehead atoms. The van der Waals surface area contributed by atoms with Gasteiger partial charge in [-0.2, -0.15) is 0 Å². The van der Waals surface area contributed by atoms with Crippen molar-refractivity contribution in [3.05, 3.63) is 35.9 Å². The van der Waals surface area contributed by atoms with Crippen LogP contribution in [-0.4, -0.2) is 18.5 Å². The SMILES string of the molecule is CC(C)C[C@H]1COC(C#Cc2ccccc2)=N1. The van der Waals surface area contributed by atoms with E-state index < -0.39 is 0 Å². The summed E-state index contributed by atoms with van der Waals surface area (Å²) in [5, 5.41) is 0. The van der Waals surface area contributed by atoms with Gasteiger partial charge in [0.2, 0.25) is 0 Å². The molecule has 0 saturated carbocycles. The van der Waals surface area contributed by atoms with Crippen molar-refractivity contribution in [3.63, 3.8) is 0 Å². The Kier molecular flexibility index (Phi) is 3.82. The van der Waals surface area contributed by atoms with E-state index in [9.17, 15) is 0 Å². The van der Waals surface area contributed by atoms with Gasteiger partial charge in [-0.3, -0.25) is 0 Å². The van der Waals surface area contributed by atoms with Gasteiger partial charge in [0.25, 0.3) is 5.90 Å². The summed E-state index contributed by atoms with van der Waals surface area (Å²) in [5.41, 5.74) is 0.992. The van der Waals surface area contributed by atoms with E-state index in [-0.39, 0.29) is 6.04 Å². The zero-order valence-corrected chi connectivity index (χ0v) is 10.3. The van der Waals surface area contributed by atoms with Crippen molar-refractivity contribution in [2.45, 2.75) is 26.3 Å². The number of nitrogens with zero attached hydrogens (tertiary/aromatic N) is 1. The predicted molar refractivity (Wildman–Crippen MR) is 70.0 cm³/mol. The van der Waals surface area contributed by atoms with E-state index in [2.05, 4.69) is 30.7 Å². The third-order valence-electron chi connectivity index (χ3n) is 2.54. The molecule has 1 atom stereocenters. The van der Waals surface area contributed by atoms with Crippen LogP contribution in [0.2, 0.25) is 0 Å². The lowest BCUT2D eigenvalue weighted by atomic mass is 10.1. The summed E-state index contributed by atoms with van der Waals surface area (Å²) in [6.07, 6.45) is 1.07. The molecule has 1 aromatic carbocycles. The third-order valence-corrected chi connectivity index (χ3v) is 2.54. The molecular formula is C15H17NO. The van der Waals surface area contributed by atoms with Crippen LogP contribution in [0.5, 0.6) is 0 Å². The van der Waals surface area contributed by atoms with Crippen LogP contribution in [0.25, 0.3) is 0 Å². The summed E-state index contributed by atoms with van der Waals surface area (Å²) in [4.78, 5) is 4.46. The maximum atomic E-state index is 5.46.